The molecule has 4 aliphatic carbocycles. The highest BCUT2D eigenvalue weighted by Crippen LogP contribution is 2.61. The molecule has 2 aromatic rings. The van der Waals surface area contributed by atoms with Gasteiger partial charge in [-0.25, -0.2) is 9.78 Å². The van der Waals surface area contributed by atoms with E-state index < -0.39 is 6.09 Å². The van der Waals surface area contributed by atoms with Gasteiger partial charge in [0.05, 0.1) is 11.2 Å². The Bertz CT molecular complexity index is 1170. The van der Waals surface area contributed by atoms with Crippen LogP contribution in [0.5, 0.6) is 0 Å². The van der Waals surface area contributed by atoms with Gasteiger partial charge in [0.15, 0.2) is 0 Å². The fraction of sp³-hybridized carbons (Fsp3) is 0.645. The molecule has 38 heavy (non-hydrogen) atoms. The first-order valence-corrected chi connectivity index (χ1v) is 14.4. The standard InChI is InChI=1S/C31H44N4O3/c1-20-6-8-25-24(7-9-26(33-25)32-10-5-11-35(29(37)38)19-30(2,3)4)28(20)34-27(36)18-31-15-21-12-22(16-31)14-23(13-21)17-31/h6-9,21-23H,5,10-19H2,1-4H3,(H,32,33)(H,34,36)(H,37,38). The number of rotatable bonds is 9. The van der Waals surface area contributed by atoms with Gasteiger partial charge in [0.2, 0.25) is 5.91 Å². The quantitative estimate of drug-likeness (QED) is 0.312. The van der Waals surface area contributed by atoms with Crippen molar-refractivity contribution in [2.45, 2.75) is 79.1 Å². The molecular weight excluding hydrogens is 476 g/mol. The fourth-order valence-electron chi connectivity index (χ4n) is 7.91. The highest BCUT2D eigenvalue weighted by atomic mass is 16.4. The number of carbonyl (C=O) groups is 2. The number of nitrogens with zero attached hydrogens (tertiary/aromatic N) is 2. The summed E-state index contributed by atoms with van der Waals surface area (Å²) in [5.41, 5.74) is 2.90. The lowest BCUT2D eigenvalue weighted by molar-refractivity contribution is -0.124. The van der Waals surface area contributed by atoms with Gasteiger partial charge in [-0.2, -0.15) is 0 Å². The van der Waals surface area contributed by atoms with Crippen LogP contribution >= 0.6 is 0 Å². The second-order valence-corrected chi connectivity index (χ2v) is 13.7. The topological polar surface area (TPSA) is 94.6 Å². The Morgan fingerprint density at radius 2 is 1.71 bits per heavy atom. The predicted molar refractivity (Wildman–Crippen MR) is 152 cm³/mol. The van der Waals surface area contributed by atoms with E-state index in [1.54, 1.807) is 0 Å². The summed E-state index contributed by atoms with van der Waals surface area (Å²) in [4.78, 5) is 31.2. The number of hydrogen-bond donors (Lipinski definition) is 3. The Labute approximate surface area is 226 Å². The molecule has 0 saturated heterocycles. The second kappa shape index (κ2) is 10.4. The highest BCUT2D eigenvalue weighted by Gasteiger charge is 2.51. The van der Waals surface area contributed by atoms with E-state index in [2.05, 4.69) is 10.6 Å². The summed E-state index contributed by atoms with van der Waals surface area (Å²) in [6.07, 6.45) is 8.33. The Balaban J connectivity index is 1.20. The van der Waals surface area contributed by atoms with E-state index >= 15 is 0 Å². The number of aromatic nitrogens is 1. The van der Waals surface area contributed by atoms with E-state index in [0.29, 0.717) is 32.5 Å². The summed E-state index contributed by atoms with van der Waals surface area (Å²) in [6, 6.07) is 8.00. The minimum atomic E-state index is -0.878. The zero-order valence-electron chi connectivity index (χ0n) is 23.5. The van der Waals surface area contributed by atoms with Crippen molar-refractivity contribution in [1.29, 1.82) is 0 Å². The average molecular weight is 521 g/mol. The van der Waals surface area contributed by atoms with E-state index in [1.807, 2.05) is 52.0 Å². The smallest absolute Gasteiger partial charge is 0.407 e. The van der Waals surface area contributed by atoms with E-state index in [-0.39, 0.29) is 16.7 Å². The van der Waals surface area contributed by atoms with E-state index in [9.17, 15) is 14.7 Å². The predicted octanol–water partition coefficient (Wildman–Crippen LogP) is 6.92. The number of hydrogen-bond acceptors (Lipinski definition) is 4. The number of carbonyl (C=O) groups excluding carboxylic acids is 1. The van der Waals surface area contributed by atoms with Crippen molar-refractivity contribution in [3.8, 4) is 0 Å². The molecule has 4 aliphatic rings. The molecular formula is C31H44N4O3. The van der Waals surface area contributed by atoms with Gasteiger partial charge in [0.25, 0.3) is 0 Å². The van der Waals surface area contributed by atoms with Gasteiger partial charge < -0.3 is 20.6 Å². The van der Waals surface area contributed by atoms with Gasteiger partial charge in [-0.05, 0) is 104 Å². The van der Waals surface area contributed by atoms with E-state index in [0.717, 1.165) is 45.7 Å². The lowest BCUT2D eigenvalue weighted by Gasteiger charge is -2.56. The number of nitrogens with one attached hydrogen (secondary N) is 2. The van der Waals surface area contributed by atoms with Crippen LogP contribution in [0.15, 0.2) is 24.3 Å². The minimum Gasteiger partial charge on any atom is -0.465 e. The summed E-state index contributed by atoms with van der Waals surface area (Å²) < 4.78 is 0. The number of amides is 2. The Hall–Kier alpha value is -2.83. The molecule has 7 nitrogen and oxygen atoms in total. The first-order chi connectivity index (χ1) is 18.0. The average Bonchev–Trinajstić information content (AvgIpc) is 2.80. The van der Waals surface area contributed by atoms with Crippen LogP contribution in [0.25, 0.3) is 10.9 Å². The molecule has 1 aromatic carbocycles. The molecule has 4 bridgehead atoms. The van der Waals surface area contributed by atoms with Crippen molar-refractivity contribution < 1.29 is 14.7 Å². The molecule has 0 atom stereocenters. The zero-order valence-corrected chi connectivity index (χ0v) is 23.5. The lowest BCUT2D eigenvalue weighted by atomic mass is 9.49. The number of benzene rings is 1. The van der Waals surface area contributed by atoms with Crippen LogP contribution in [0.2, 0.25) is 0 Å². The first-order valence-electron chi connectivity index (χ1n) is 14.4. The summed E-state index contributed by atoms with van der Waals surface area (Å²) in [7, 11) is 0. The minimum absolute atomic E-state index is 0.0772. The highest BCUT2D eigenvalue weighted by molar-refractivity contribution is 6.02. The van der Waals surface area contributed by atoms with Crippen molar-refractivity contribution in [3.63, 3.8) is 0 Å². The largest absolute Gasteiger partial charge is 0.465 e. The lowest BCUT2D eigenvalue weighted by Crippen LogP contribution is -2.47. The van der Waals surface area contributed by atoms with Crippen LogP contribution in [0.4, 0.5) is 16.3 Å². The summed E-state index contributed by atoms with van der Waals surface area (Å²) >= 11 is 0. The molecule has 4 saturated carbocycles. The van der Waals surface area contributed by atoms with Crippen LogP contribution in [0.3, 0.4) is 0 Å². The number of carboxylic acid groups (broad SMARTS) is 1. The molecule has 206 valence electrons. The van der Waals surface area contributed by atoms with Crippen LogP contribution in [0, 0.1) is 35.5 Å². The monoisotopic (exact) mass is 520 g/mol. The van der Waals surface area contributed by atoms with Crippen molar-refractivity contribution >= 4 is 34.4 Å². The number of pyridine rings is 1. The SMILES string of the molecule is Cc1ccc2nc(NCCCN(CC(C)(C)C)C(=O)O)ccc2c1NC(=O)CC12CC3CC(CC(C3)C1)C2. The first kappa shape index (κ1) is 26.8. The summed E-state index contributed by atoms with van der Waals surface area (Å²) in [5, 5.41) is 17.1. The normalized spacial score (nSPS) is 25.9. The van der Waals surface area contributed by atoms with Crippen molar-refractivity contribution in [1.82, 2.24) is 9.88 Å². The van der Waals surface area contributed by atoms with E-state index in [4.69, 9.17) is 4.98 Å². The van der Waals surface area contributed by atoms with Crippen LogP contribution in [0.1, 0.15) is 77.7 Å². The Morgan fingerprint density at radius 3 is 2.32 bits per heavy atom. The van der Waals surface area contributed by atoms with Gasteiger partial charge in [-0.1, -0.05) is 26.8 Å². The maximum Gasteiger partial charge on any atom is 0.407 e. The van der Waals surface area contributed by atoms with E-state index in [1.165, 1.54) is 43.4 Å². The number of fused-ring (bicyclic) bond motifs is 1. The van der Waals surface area contributed by atoms with Crippen molar-refractivity contribution in [3.05, 3.63) is 29.8 Å². The van der Waals surface area contributed by atoms with Crippen LogP contribution in [-0.4, -0.2) is 46.6 Å². The Morgan fingerprint density at radius 1 is 1.05 bits per heavy atom. The molecule has 2 amide bonds. The van der Waals surface area contributed by atoms with Crippen molar-refractivity contribution in [2.75, 3.05) is 30.3 Å². The molecule has 3 N–H and O–H groups in total. The molecule has 0 spiro atoms. The third kappa shape index (κ3) is 6.08. The maximum atomic E-state index is 13.3. The molecule has 0 aliphatic heterocycles. The third-order valence-electron chi connectivity index (χ3n) is 8.89. The third-order valence-corrected chi connectivity index (χ3v) is 8.89. The van der Waals surface area contributed by atoms with Gasteiger partial charge in [-0.15, -0.1) is 0 Å². The van der Waals surface area contributed by atoms with Gasteiger partial charge >= 0.3 is 6.09 Å². The fourth-order valence-corrected chi connectivity index (χ4v) is 7.91. The van der Waals surface area contributed by atoms with Crippen LogP contribution < -0.4 is 10.6 Å². The summed E-state index contributed by atoms with van der Waals surface area (Å²) in [6.45, 7) is 9.79. The molecule has 1 heterocycles. The molecule has 1 aromatic heterocycles. The number of aryl methyl sites for hydroxylation is 1. The molecule has 0 radical (unpaired) electrons. The molecule has 6 rings (SSSR count). The second-order valence-electron chi connectivity index (χ2n) is 13.7. The maximum absolute atomic E-state index is 13.3. The Kier molecular flexibility index (Phi) is 7.31. The van der Waals surface area contributed by atoms with Gasteiger partial charge in [0.1, 0.15) is 5.82 Å². The van der Waals surface area contributed by atoms with Crippen molar-refractivity contribution in [2.24, 2.45) is 28.6 Å². The molecule has 0 unspecified atom stereocenters. The summed E-state index contributed by atoms with van der Waals surface area (Å²) in [5.74, 6) is 3.42. The van der Waals surface area contributed by atoms with Gasteiger partial charge in [-0.3, -0.25) is 4.79 Å². The zero-order chi connectivity index (χ0) is 27.1. The number of anilines is 2. The van der Waals surface area contributed by atoms with Gasteiger partial charge in [0, 0.05) is 31.4 Å². The van der Waals surface area contributed by atoms with Crippen LogP contribution in [-0.2, 0) is 4.79 Å². The molecule has 7 heteroatoms. The molecule has 4 fully saturated rings.